The first-order chi connectivity index (χ1) is 5.27. The summed E-state index contributed by atoms with van der Waals surface area (Å²) in [5.41, 5.74) is 0.386. The second-order valence-electron chi connectivity index (χ2n) is 2.47. The van der Waals surface area contributed by atoms with Gasteiger partial charge in [-0.05, 0) is 7.05 Å². The van der Waals surface area contributed by atoms with E-state index in [1.165, 1.54) is 0 Å². The van der Waals surface area contributed by atoms with E-state index in [0.29, 0.717) is 12.0 Å². The smallest absolute Gasteiger partial charge is 0.167 e. The fourth-order valence-electron chi connectivity index (χ4n) is 1.01. The third-order valence-electron chi connectivity index (χ3n) is 1.75. The molecule has 0 aliphatic heterocycles. The minimum atomic E-state index is -0.0191. The van der Waals surface area contributed by atoms with Crippen LogP contribution in [0.1, 0.15) is 6.42 Å². The maximum atomic E-state index is 11.1. The van der Waals surface area contributed by atoms with Gasteiger partial charge in [0.15, 0.2) is 5.78 Å². The van der Waals surface area contributed by atoms with Crippen molar-refractivity contribution in [2.45, 2.75) is 12.5 Å². The summed E-state index contributed by atoms with van der Waals surface area (Å²) in [6.45, 7) is 0. The Morgan fingerprint density at radius 2 is 2.55 bits per heavy atom. The number of Topliss-reactive ketones (excluding diaryl/α,β-unsaturated/α-hetero) is 1. The monoisotopic (exact) mass is 153 g/mol. The summed E-state index contributed by atoms with van der Waals surface area (Å²) >= 11 is 0. The van der Waals surface area contributed by atoms with Crippen molar-refractivity contribution < 1.29 is 9.90 Å². The normalized spacial score (nSPS) is 27.9. The molecule has 0 aromatic heterocycles. The van der Waals surface area contributed by atoms with Gasteiger partial charge in [-0.2, -0.15) is 0 Å². The van der Waals surface area contributed by atoms with Crippen LogP contribution in [-0.2, 0) is 4.79 Å². The predicted molar refractivity (Wildman–Crippen MR) is 42.3 cm³/mol. The van der Waals surface area contributed by atoms with E-state index in [-0.39, 0.29) is 11.8 Å². The van der Waals surface area contributed by atoms with Crippen LogP contribution in [0.25, 0.3) is 0 Å². The molecule has 0 saturated carbocycles. The Labute approximate surface area is 65.4 Å². The lowest BCUT2D eigenvalue weighted by Gasteiger charge is -2.15. The zero-order chi connectivity index (χ0) is 8.27. The number of hydrogen-bond donors (Lipinski definition) is 2. The second kappa shape index (κ2) is 3.34. The molecule has 1 aliphatic rings. The SMILES string of the molecule is CNC1C=CC(=CO)C(=O)C1. The van der Waals surface area contributed by atoms with Crippen molar-refractivity contribution in [1.82, 2.24) is 5.32 Å². The topological polar surface area (TPSA) is 49.3 Å². The lowest BCUT2D eigenvalue weighted by Crippen LogP contribution is -2.28. The second-order valence-corrected chi connectivity index (χ2v) is 2.47. The van der Waals surface area contributed by atoms with Crippen molar-refractivity contribution in [3.05, 3.63) is 24.0 Å². The molecule has 1 unspecified atom stereocenters. The van der Waals surface area contributed by atoms with Gasteiger partial charge in [-0.25, -0.2) is 0 Å². The molecule has 0 spiro atoms. The number of aliphatic hydroxyl groups excluding tert-OH is 1. The third kappa shape index (κ3) is 1.68. The molecule has 1 rings (SSSR count). The molecule has 0 fully saturated rings. The Morgan fingerprint density at radius 3 is 3.00 bits per heavy atom. The molecule has 0 heterocycles. The summed E-state index contributed by atoms with van der Waals surface area (Å²) in [6, 6.07) is 0.117. The van der Waals surface area contributed by atoms with Gasteiger partial charge in [0.05, 0.1) is 11.8 Å². The number of ketones is 1. The van der Waals surface area contributed by atoms with E-state index in [1.54, 1.807) is 13.1 Å². The molecule has 0 aromatic carbocycles. The first-order valence-electron chi connectivity index (χ1n) is 3.51. The number of rotatable bonds is 1. The van der Waals surface area contributed by atoms with Gasteiger partial charge < -0.3 is 10.4 Å². The van der Waals surface area contributed by atoms with Crippen molar-refractivity contribution in [3.8, 4) is 0 Å². The zero-order valence-corrected chi connectivity index (χ0v) is 6.37. The van der Waals surface area contributed by atoms with E-state index in [9.17, 15) is 4.79 Å². The van der Waals surface area contributed by atoms with Gasteiger partial charge in [0, 0.05) is 12.5 Å². The number of carbonyl (C=O) groups is 1. The molecular weight excluding hydrogens is 142 g/mol. The van der Waals surface area contributed by atoms with E-state index in [4.69, 9.17) is 5.11 Å². The van der Waals surface area contributed by atoms with Gasteiger partial charge >= 0.3 is 0 Å². The molecule has 1 aliphatic carbocycles. The Morgan fingerprint density at radius 1 is 1.82 bits per heavy atom. The van der Waals surface area contributed by atoms with Crippen LogP contribution in [0, 0.1) is 0 Å². The van der Waals surface area contributed by atoms with E-state index >= 15 is 0 Å². The Bertz CT molecular complexity index is 218. The molecule has 3 heteroatoms. The fourth-order valence-corrected chi connectivity index (χ4v) is 1.01. The maximum absolute atomic E-state index is 11.1. The highest BCUT2D eigenvalue weighted by Gasteiger charge is 2.16. The molecule has 0 bridgehead atoms. The van der Waals surface area contributed by atoms with Crippen molar-refractivity contribution >= 4 is 5.78 Å². The summed E-state index contributed by atoms with van der Waals surface area (Å²) in [6.07, 6.45) is 4.78. The standard InChI is InChI=1S/C8H11NO2/c1-9-7-3-2-6(5-10)8(11)4-7/h2-3,5,7,9-10H,4H2,1H3. The van der Waals surface area contributed by atoms with Crippen molar-refractivity contribution in [2.75, 3.05) is 7.05 Å². The zero-order valence-electron chi connectivity index (χ0n) is 6.37. The van der Waals surface area contributed by atoms with Crippen LogP contribution in [0.5, 0.6) is 0 Å². The lowest BCUT2D eigenvalue weighted by molar-refractivity contribution is -0.115. The molecular formula is C8H11NO2. The van der Waals surface area contributed by atoms with Crippen molar-refractivity contribution in [1.29, 1.82) is 0 Å². The number of carbonyl (C=O) groups excluding carboxylic acids is 1. The van der Waals surface area contributed by atoms with E-state index in [1.807, 2.05) is 6.08 Å². The summed E-state index contributed by atoms with van der Waals surface area (Å²) in [5, 5.41) is 11.5. The molecule has 0 radical (unpaired) electrons. The number of hydrogen-bond acceptors (Lipinski definition) is 3. The van der Waals surface area contributed by atoms with E-state index in [2.05, 4.69) is 5.32 Å². The predicted octanol–water partition coefficient (Wildman–Crippen LogP) is 0.545. The Kier molecular flexibility index (Phi) is 2.44. The Balaban J connectivity index is 2.75. The molecule has 3 nitrogen and oxygen atoms in total. The highest BCUT2D eigenvalue weighted by Crippen LogP contribution is 2.11. The van der Waals surface area contributed by atoms with Crippen molar-refractivity contribution in [3.63, 3.8) is 0 Å². The lowest BCUT2D eigenvalue weighted by atomic mass is 9.98. The van der Waals surface area contributed by atoms with E-state index in [0.717, 1.165) is 6.26 Å². The molecule has 0 amide bonds. The average molecular weight is 153 g/mol. The van der Waals surface area contributed by atoms with Crippen LogP contribution < -0.4 is 5.32 Å². The van der Waals surface area contributed by atoms with Gasteiger partial charge in [0.2, 0.25) is 0 Å². The van der Waals surface area contributed by atoms with Crippen LogP contribution in [0.15, 0.2) is 24.0 Å². The maximum Gasteiger partial charge on any atom is 0.167 e. The molecule has 0 saturated heterocycles. The summed E-state index contributed by atoms with van der Waals surface area (Å²) in [7, 11) is 1.80. The summed E-state index contributed by atoms with van der Waals surface area (Å²) in [5.74, 6) is -0.0191. The van der Waals surface area contributed by atoms with Gasteiger partial charge in [0.25, 0.3) is 0 Å². The average Bonchev–Trinajstić information content (AvgIpc) is 2.04. The minimum absolute atomic E-state index is 0.0191. The number of likely N-dealkylation sites (N-methyl/N-ethyl adjacent to an activating group) is 1. The number of aliphatic hydroxyl groups is 1. The summed E-state index contributed by atoms with van der Waals surface area (Å²) < 4.78 is 0. The van der Waals surface area contributed by atoms with Gasteiger partial charge in [-0.3, -0.25) is 4.79 Å². The molecule has 60 valence electrons. The molecule has 2 N–H and O–H groups in total. The van der Waals surface area contributed by atoms with Gasteiger partial charge in [0.1, 0.15) is 0 Å². The number of allylic oxidation sites excluding steroid dienone is 2. The minimum Gasteiger partial charge on any atom is -0.515 e. The summed E-state index contributed by atoms with van der Waals surface area (Å²) in [4.78, 5) is 11.1. The van der Waals surface area contributed by atoms with Crippen LogP contribution in [-0.4, -0.2) is 24.0 Å². The van der Waals surface area contributed by atoms with Crippen LogP contribution in [0.3, 0.4) is 0 Å². The van der Waals surface area contributed by atoms with Crippen LogP contribution >= 0.6 is 0 Å². The van der Waals surface area contributed by atoms with E-state index < -0.39 is 0 Å². The largest absolute Gasteiger partial charge is 0.515 e. The highest BCUT2D eigenvalue weighted by molar-refractivity contribution is 5.99. The van der Waals surface area contributed by atoms with Gasteiger partial charge in [-0.15, -0.1) is 0 Å². The number of nitrogens with one attached hydrogen (secondary N) is 1. The first kappa shape index (κ1) is 8.01. The van der Waals surface area contributed by atoms with Crippen LogP contribution in [0.2, 0.25) is 0 Å². The quantitative estimate of drug-likeness (QED) is 0.427. The van der Waals surface area contributed by atoms with Gasteiger partial charge in [-0.1, -0.05) is 12.2 Å². The van der Waals surface area contributed by atoms with Crippen molar-refractivity contribution in [2.24, 2.45) is 0 Å². The molecule has 0 aromatic rings. The third-order valence-corrected chi connectivity index (χ3v) is 1.75. The Hall–Kier alpha value is -1.09. The first-order valence-corrected chi connectivity index (χ1v) is 3.51. The molecule has 1 atom stereocenters. The fraction of sp³-hybridized carbons (Fsp3) is 0.375. The van der Waals surface area contributed by atoms with Crippen LogP contribution in [0.4, 0.5) is 0 Å². The highest BCUT2D eigenvalue weighted by atomic mass is 16.2. The molecule has 11 heavy (non-hydrogen) atoms.